The Hall–Kier alpha value is -1.92. The molecular formula is C20H30N4O2. The number of carbonyl (C=O) groups is 2. The Bertz CT molecular complexity index is 617. The Labute approximate surface area is 156 Å². The highest BCUT2D eigenvalue weighted by molar-refractivity contribution is 5.94. The summed E-state index contributed by atoms with van der Waals surface area (Å²) in [5.41, 5.74) is 2.01. The van der Waals surface area contributed by atoms with Crippen molar-refractivity contribution in [2.75, 3.05) is 51.1 Å². The number of hydrogen-bond donors (Lipinski definition) is 1. The van der Waals surface area contributed by atoms with Crippen LogP contribution in [0.15, 0.2) is 24.3 Å². The molecule has 26 heavy (non-hydrogen) atoms. The standard InChI is InChI=1S/C20H30N4O2/c1-16-5-7-18(8-6-16)21-20(26)17(2)23-13-11-22(12-14-23)15-19(25)24-9-3-4-10-24/h5-8,17H,3-4,9-15H2,1-2H3,(H,21,26). The number of anilines is 1. The van der Waals surface area contributed by atoms with Gasteiger partial charge in [0, 0.05) is 45.0 Å². The molecule has 1 atom stereocenters. The van der Waals surface area contributed by atoms with Gasteiger partial charge in [0.15, 0.2) is 0 Å². The number of rotatable bonds is 5. The zero-order valence-electron chi connectivity index (χ0n) is 15.9. The number of amides is 2. The molecule has 0 aromatic heterocycles. The molecule has 1 unspecified atom stereocenters. The fourth-order valence-electron chi connectivity index (χ4n) is 3.62. The summed E-state index contributed by atoms with van der Waals surface area (Å²) in [5.74, 6) is 0.275. The molecule has 0 radical (unpaired) electrons. The topological polar surface area (TPSA) is 55.9 Å². The van der Waals surface area contributed by atoms with Crippen LogP contribution in [0.1, 0.15) is 25.3 Å². The number of carbonyl (C=O) groups excluding carboxylic acids is 2. The third-order valence-electron chi connectivity index (χ3n) is 5.47. The predicted octanol–water partition coefficient (Wildman–Crippen LogP) is 1.56. The van der Waals surface area contributed by atoms with Gasteiger partial charge in [-0.3, -0.25) is 19.4 Å². The van der Waals surface area contributed by atoms with E-state index in [1.807, 2.05) is 43.0 Å². The number of hydrogen-bond acceptors (Lipinski definition) is 4. The van der Waals surface area contributed by atoms with Crippen LogP contribution in [-0.2, 0) is 9.59 Å². The first kappa shape index (κ1) is 18.9. The van der Waals surface area contributed by atoms with Gasteiger partial charge < -0.3 is 10.2 Å². The van der Waals surface area contributed by atoms with Gasteiger partial charge in [-0.1, -0.05) is 17.7 Å². The third kappa shape index (κ3) is 4.83. The van der Waals surface area contributed by atoms with Crippen LogP contribution in [0.5, 0.6) is 0 Å². The number of piperazine rings is 1. The molecule has 3 rings (SSSR count). The van der Waals surface area contributed by atoms with Crippen LogP contribution in [0, 0.1) is 6.92 Å². The van der Waals surface area contributed by atoms with Crippen LogP contribution in [0.2, 0.25) is 0 Å². The van der Waals surface area contributed by atoms with E-state index < -0.39 is 0 Å². The summed E-state index contributed by atoms with van der Waals surface area (Å²) in [5, 5.41) is 2.99. The second-order valence-corrected chi connectivity index (χ2v) is 7.43. The van der Waals surface area contributed by atoms with E-state index in [0.29, 0.717) is 6.54 Å². The number of likely N-dealkylation sites (tertiary alicyclic amines) is 1. The zero-order chi connectivity index (χ0) is 18.5. The van der Waals surface area contributed by atoms with E-state index >= 15 is 0 Å². The Morgan fingerprint density at radius 2 is 1.62 bits per heavy atom. The Balaban J connectivity index is 1.43. The maximum Gasteiger partial charge on any atom is 0.241 e. The quantitative estimate of drug-likeness (QED) is 0.868. The monoisotopic (exact) mass is 358 g/mol. The average molecular weight is 358 g/mol. The van der Waals surface area contributed by atoms with Crippen molar-refractivity contribution in [3.63, 3.8) is 0 Å². The van der Waals surface area contributed by atoms with Gasteiger partial charge in [0.25, 0.3) is 0 Å². The summed E-state index contributed by atoms with van der Waals surface area (Å²) in [6.45, 7) is 9.62. The van der Waals surface area contributed by atoms with E-state index in [9.17, 15) is 9.59 Å². The minimum atomic E-state index is -0.173. The summed E-state index contributed by atoms with van der Waals surface area (Å²) < 4.78 is 0. The lowest BCUT2D eigenvalue weighted by Gasteiger charge is -2.37. The molecule has 2 aliphatic heterocycles. The molecule has 142 valence electrons. The number of benzene rings is 1. The SMILES string of the molecule is Cc1ccc(NC(=O)C(C)N2CCN(CC(=O)N3CCCC3)CC2)cc1. The van der Waals surface area contributed by atoms with Gasteiger partial charge in [0.05, 0.1) is 12.6 Å². The van der Waals surface area contributed by atoms with Crippen LogP contribution in [0.25, 0.3) is 0 Å². The van der Waals surface area contributed by atoms with Crippen molar-refractivity contribution in [2.45, 2.75) is 32.7 Å². The fourth-order valence-corrected chi connectivity index (χ4v) is 3.62. The van der Waals surface area contributed by atoms with Gasteiger partial charge in [-0.05, 0) is 38.8 Å². The lowest BCUT2D eigenvalue weighted by molar-refractivity contribution is -0.132. The summed E-state index contributed by atoms with van der Waals surface area (Å²) in [4.78, 5) is 31.2. The van der Waals surface area contributed by atoms with Gasteiger partial charge >= 0.3 is 0 Å². The van der Waals surface area contributed by atoms with E-state index in [-0.39, 0.29) is 17.9 Å². The molecule has 0 bridgehead atoms. The van der Waals surface area contributed by atoms with E-state index in [1.54, 1.807) is 0 Å². The highest BCUT2D eigenvalue weighted by Gasteiger charge is 2.27. The van der Waals surface area contributed by atoms with Crippen molar-refractivity contribution in [1.82, 2.24) is 14.7 Å². The highest BCUT2D eigenvalue weighted by atomic mass is 16.2. The summed E-state index contributed by atoms with van der Waals surface area (Å²) in [7, 11) is 0. The average Bonchev–Trinajstić information content (AvgIpc) is 3.18. The number of aryl methyl sites for hydroxylation is 1. The summed E-state index contributed by atoms with van der Waals surface area (Å²) in [6, 6.07) is 7.68. The van der Waals surface area contributed by atoms with Crippen LogP contribution in [-0.4, -0.2) is 78.4 Å². The van der Waals surface area contributed by atoms with Gasteiger partial charge in [-0.25, -0.2) is 0 Å². The van der Waals surface area contributed by atoms with Gasteiger partial charge in [-0.15, -0.1) is 0 Å². The maximum absolute atomic E-state index is 12.5. The van der Waals surface area contributed by atoms with Crippen molar-refractivity contribution in [3.05, 3.63) is 29.8 Å². The molecule has 6 heteroatoms. The van der Waals surface area contributed by atoms with Crippen LogP contribution >= 0.6 is 0 Å². The van der Waals surface area contributed by atoms with Crippen molar-refractivity contribution in [2.24, 2.45) is 0 Å². The lowest BCUT2D eigenvalue weighted by Crippen LogP contribution is -2.54. The third-order valence-corrected chi connectivity index (χ3v) is 5.47. The van der Waals surface area contributed by atoms with Crippen molar-refractivity contribution >= 4 is 17.5 Å². The van der Waals surface area contributed by atoms with Gasteiger partial charge in [-0.2, -0.15) is 0 Å². The fraction of sp³-hybridized carbons (Fsp3) is 0.600. The normalized spacial score (nSPS) is 20.2. The Morgan fingerprint density at radius 1 is 1.00 bits per heavy atom. The number of nitrogens with zero attached hydrogens (tertiary/aromatic N) is 3. The second-order valence-electron chi connectivity index (χ2n) is 7.43. The minimum absolute atomic E-state index is 0.0236. The molecule has 2 fully saturated rings. The molecular weight excluding hydrogens is 328 g/mol. The van der Waals surface area contributed by atoms with Crippen molar-refractivity contribution < 1.29 is 9.59 Å². The molecule has 1 aromatic rings. The first-order valence-electron chi connectivity index (χ1n) is 9.64. The maximum atomic E-state index is 12.5. The molecule has 2 heterocycles. The molecule has 0 aliphatic carbocycles. The molecule has 0 spiro atoms. The predicted molar refractivity (Wildman–Crippen MR) is 103 cm³/mol. The van der Waals surface area contributed by atoms with E-state index in [2.05, 4.69) is 15.1 Å². The molecule has 2 aliphatic rings. The Morgan fingerprint density at radius 3 is 2.23 bits per heavy atom. The number of nitrogens with one attached hydrogen (secondary N) is 1. The van der Waals surface area contributed by atoms with Gasteiger partial charge in [0.2, 0.25) is 11.8 Å². The second kappa shape index (κ2) is 8.64. The van der Waals surface area contributed by atoms with Crippen LogP contribution < -0.4 is 5.32 Å². The lowest BCUT2D eigenvalue weighted by atomic mass is 10.2. The van der Waals surface area contributed by atoms with Crippen molar-refractivity contribution in [3.8, 4) is 0 Å². The van der Waals surface area contributed by atoms with E-state index in [4.69, 9.17) is 0 Å². The molecule has 1 aromatic carbocycles. The zero-order valence-corrected chi connectivity index (χ0v) is 15.9. The largest absolute Gasteiger partial charge is 0.342 e. The van der Waals surface area contributed by atoms with Crippen LogP contribution in [0.3, 0.4) is 0 Å². The van der Waals surface area contributed by atoms with Crippen molar-refractivity contribution in [1.29, 1.82) is 0 Å². The Kier molecular flexibility index (Phi) is 6.27. The first-order valence-corrected chi connectivity index (χ1v) is 9.64. The molecule has 6 nitrogen and oxygen atoms in total. The molecule has 1 N–H and O–H groups in total. The van der Waals surface area contributed by atoms with Crippen LogP contribution in [0.4, 0.5) is 5.69 Å². The van der Waals surface area contributed by atoms with E-state index in [1.165, 1.54) is 5.56 Å². The first-order chi connectivity index (χ1) is 12.5. The molecule has 2 saturated heterocycles. The summed E-state index contributed by atoms with van der Waals surface area (Å²) >= 11 is 0. The van der Waals surface area contributed by atoms with Gasteiger partial charge in [0.1, 0.15) is 0 Å². The summed E-state index contributed by atoms with van der Waals surface area (Å²) in [6.07, 6.45) is 2.26. The molecule has 0 saturated carbocycles. The van der Waals surface area contributed by atoms with E-state index in [0.717, 1.165) is 57.8 Å². The smallest absolute Gasteiger partial charge is 0.241 e. The minimum Gasteiger partial charge on any atom is -0.342 e. The highest BCUT2D eigenvalue weighted by Crippen LogP contribution is 2.13. The molecule has 2 amide bonds.